The van der Waals surface area contributed by atoms with Gasteiger partial charge in [-0.15, -0.1) is 0 Å². The molecular formula is C26H50N4O3. The monoisotopic (exact) mass is 466 g/mol. The fourth-order valence-corrected chi connectivity index (χ4v) is 3.72. The number of hydrogen-bond acceptors (Lipinski definition) is 4. The van der Waals surface area contributed by atoms with Crippen molar-refractivity contribution in [3.8, 4) is 0 Å². The molecule has 192 valence electrons. The zero-order valence-electron chi connectivity index (χ0n) is 22.5. The highest BCUT2D eigenvalue weighted by Gasteiger charge is 2.24. The molecule has 0 radical (unpaired) electrons. The van der Waals surface area contributed by atoms with Crippen molar-refractivity contribution < 1.29 is 14.4 Å². The van der Waals surface area contributed by atoms with Crippen molar-refractivity contribution in [3.63, 3.8) is 0 Å². The van der Waals surface area contributed by atoms with E-state index in [4.69, 9.17) is 0 Å². The summed E-state index contributed by atoms with van der Waals surface area (Å²) in [6.45, 7) is 16.5. The Labute approximate surface area is 202 Å². The highest BCUT2D eigenvalue weighted by molar-refractivity contribution is 5.93. The molecule has 0 saturated carbocycles. The summed E-state index contributed by atoms with van der Waals surface area (Å²) < 4.78 is 0. The number of likely N-dealkylation sites (tertiary alicyclic amines) is 2. The molecule has 7 nitrogen and oxygen atoms in total. The van der Waals surface area contributed by atoms with E-state index in [1.165, 1.54) is 32.4 Å². The van der Waals surface area contributed by atoms with Crippen molar-refractivity contribution in [1.82, 2.24) is 20.0 Å². The quantitative estimate of drug-likeness (QED) is 0.460. The first-order chi connectivity index (χ1) is 15.5. The Morgan fingerprint density at radius 1 is 0.939 bits per heavy atom. The lowest BCUT2D eigenvalue weighted by molar-refractivity contribution is -0.132. The van der Waals surface area contributed by atoms with Crippen molar-refractivity contribution >= 4 is 18.2 Å². The topological polar surface area (TPSA) is 73.0 Å². The van der Waals surface area contributed by atoms with Gasteiger partial charge in [0.05, 0.1) is 12.6 Å². The van der Waals surface area contributed by atoms with Crippen LogP contribution in [0.15, 0.2) is 11.6 Å². The third-order valence-electron chi connectivity index (χ3n) is 5.59. The minimum Gasteiger partial charge on any atom is -0.350 e. The van der Waals surface area contributed by atoms with Crippen LogP contribution in [0.1, 0.15) is 73.6 Å². The number of carbonyl (C=O) groups is 3. The number of nitrogens with one attached hydrogen (secondary N) is 1. The van der Waals surface area contributed by atoms with E-state index < -0.39 is 0 Å². The maximum absolute atomic E-state index is 12.4. The number of nitrogens with zero attached hydrogens (tertiary/aromatic N) is 3. The SMILES string of the molecule is C/C(=C\[C@H](C(C)C)N(C)C(=O)CNC=O)C(=O)N1CCCC1.CC(C)C.CN1CCCCC1. The second-order valence-corrected chi connectivity index (χ2v) is 10.2. The van der Waals surface area contributed by atoms with Crippen molar-refractivity contribution in [2.24, 2.45) is 11.8 Å². The second-order valence-electron chi connectivity index (χ2n) is 10.2. The van der Waals surface area contributed by atoms with Crippen molar-refractivity contribution in [3.05, 3.63) is 11.6 Å². The molecule has 0 aromatic carbocycles. The summed E-state index contributed by atoms with van der Waals surface area (Å²) >= 11 is 0. The Morgan fingerprint density at radius 2 is 1.42 bits per heavy atom. The van der Waals surface area contributed by atoms with Gasteiger partial charge < -0.3 is 20.0 Å². The van der Waals surface area contributed by atoms with Crippen LogP contribution in [-0.4, -0.2) is 85.8 Å². The first kappa shape index (κ1) is 31.1. The Kier molecular flexibility index (Phi) is 16.6. The van der Waals surface area contributed by atoms with Gasteiger partial charge in [-0.25, -0.2) is 0 Å². The smallest absolute Gasteiger partial charge is 0.249 e. The predicted octanol–water partition coefficient (Wildman–Crippen LogP) is 3.55. The fraction of sp³-hybridized carbons (Fsp3) is 0.808. The maximum Gasteiger partial charge on any atom is 0.249 e. The second kappa shape index (κ2) is 17.6. The molecule has 0 aliphatic carbocycles. The van der Waals surface area contributed by atoms with Gasteiger partial charge in [-0.05, 0) is 64.6 Å². The Hall–Kier alpha value is -1.89. The molecule has 0 aromatic heterocycles. The van der Waals surface area contributed by atoms with Crippen LogP contribution in [0.2, 0.25) is 0 Å². The lowest BCUT2D eigenvalue weighted by Crippen LogP contribution is -2.43. The van der Waals surface area contributed by atoms with Gasteiger partial charge in [0.1, 0.15) is 0 Å². The van der Waals surface area contributed by atoms with Gasteiger partial charge in [-0.3, -0.25) is 14.4 Å². The molecule has 2 rings (SSSR count). The molecule has 0 spiro atoms. The van der Waals surface area contributed by atoms with Crippen molar-refractivity contribution in [2.75, 3.05) is 46.8 Å². The van der Waals surface area contributed by atoms with Crippen LogP contribution in [0.4, 0.5) is 0 Å². The van der Waals surface area contributed by atoms with Gasteiger partial charge in [-0.1, -0.05) is 47.1 Å². The molecule has 0 aromatic rings. The Morgan fingerprint density at radius 3 is 1.82 bits per heavy atom. The van der Waals surface area contributed by atoms with E-state index in [1.54, 1.807) is 18.9 Å². The van der Waals surface area contributed by atoms with E-state index >= 15 is 0 Å². The van der Waals surface area contributed by atoms with Crippen LogP contribution in [-0.2, 0) is 14.4 Å². The first-order valence-corrected chi connectivity index (χ1v) is 12.6. The summed E-state index contributed by atoms with van der Waals surface area (Å²) in [4.78, 5) is 40.5. The molecule has 7 heteroatoms. The summed E-state index contributed by atoms with van der Waals surface area (Å²) in [6.07, 6.45) is 8.76. The normalized spacial score (nSPS) is 17.5. The van der Waals surface area contributed by atoms with Crippen molar-refractivity contribution in [1.29, 1.82) is 0 Å². The number of amides is 3. The van der Waals surface area contributed by atoms with Crippen LogP contribution in [0.5, 0.6) is 0 Å². The fourth-order valence-electron chi connectivity index (χ4n) is 3.72. The molecule has 3 amide bonds. The summed E-state index contributed by atoms with van der Waals surface area (Å²) in [5, 5.41) is 2.38. The number of carbonyl (C=O) groups excluding carboxylic acids is 3. The predicted molar refractivity (Wildman–Crippen MR) is 137 cm³/mol. The molecular weight excluding hydrogens is 416 g/mol. The average molecular weight is 467 g/mol. The number of hydrogen-bond donors (Lipinski definition) is 1. The molecule has 2 heterocycles. The van der Waals surface area contributed by atoms with Gasteiger partial charge >= 0.3 is 0 Å². The van der Waals surface area contributed by atoms with Gasteiger partial charge in [0.15, 0.2) is 0 Å². The molecule has 2 fully saturated rings. The van der Waals surface area contributed by atoms with Gasteiger partial charge in [0, 0.05) is 25.7 Å². The molecule has 0 unspecified atom stereocenters. The van der Waals surface area contributed by atoms with Crippen LogP contribution < -0.4 is 5.32 Å². The number of rotatable bonds is 7. The highest BCUT2D eigenvalue weighted by Crippen LogP contribution is 2.16. The minimum absolute atomic E-state index is 0.0316. The summed E-state index contributed by atoms with van der Waals surface area (Å²) in [5.74, 6) is 0.880. The zero-order chi connectivity index (χ0) is 25.4. The Bertz CT molecular complexity index is 590. The summed E-state index contributed by atoms with van der Waals surface area (Å²) in [6, 6.07) is -0.174. The third kappa shape index (κ3) is 14.1. The molecule has 2 aliphatic rings. The largest absolute Gasteiger partial charge is 0.350 e. The third-order valence-corrected chi connectivity index (χ3v) is 5.59. The van der Waals surface area contributed by atoms with E-state index in [9.17, 15) is 14.4 Å². The molecule has 2 aliphatic heterocycles. The van der Waals surface area contributed by atoms with Gasteiger partial charge in [0.2, 0.25) is 18.2 Å². The van der Waals surface area contributed by atoms with E-state index in [0.717, 1.165) is 31.8 Å². The van der Waals surface area contributed by atoms with Gasteiger partial charge in [0.25, 0.3) is 0 Å². The molecule has 33 heavy (non-hydrogen) atoms. The lowest BCUT2D eigenvalue weighted by Gasteiger charge is -2.30. The van der Waals surface area contributed by atoms with E-state index in [-0.39, 0.29) is 30.3 Å². The van der Waals surface area contributed by atoms with E-state index in [2.05, 4.69) is 38.0 Å². The zero-order valence-corrected chi connectivity index (χ0v) is 22.5. The van der Waals surface area contributed by atoms with Crippen LogP contribution >= 0.6 is 0 Å². The first-order valence-electron chi connectivity index (χ1n) is 12.6. The molecule has 2 saturated heterocycles. The van der Waals surface area contributed by atoms with Crippen LogP contribution in [0.3, 0.4) is 0 Å². The molecule has 0 bridgehead atoms. The minimum atomic E-state index is -0.177. The average Bonchev–Trinajstić information content (AvgIpc) is 3.30. The number of piperidine rings is 1. The van der Waals surface area contributed by atoms with Crippen LogP contribution in [0, 0.1) is 11.8 Å². The van der Waals surface area contributed by atoms with Gasteiger partial charge in [-0.2, -0.15) is 0 Å². The highest BCUT2D eigenvalue weighted by atomic mass is 16.2. The van der Waals surface area contributed by atoms with E-state index in [1.807, 2.05) is 24.8 Å². The maximum atomic E-state index is 12.4. The van der Waals surface area contributed by atoms with Crippen molar-refractivity contribution in [2.45, 2.75) is 79.7 Å². The van der Waals surface area contributed by atoms with E-state index in [0.29, 0.717) is 12.0 Å². The Balaban J connectivity index is 0.000000759. The van der Waals surface area contributed by atoms with Crippen LogP contribution in [0.25, 0.3) is 0 Å². The summed E-state index contributed by atoms with van der Waals surface area (Å²) in [5.41, 5.74) is 0.670. The molecule has 1 N–H and O–H groups in total. The lowest BCUT2D eigenvalue weighted by atomic mass is 9.99. The standard InChI is InChI=1S/C16H27N3O3.C6H13N.C4H10/c1-12(2)14(18(4)15(21)10-17-11-20)9-13(3)16(22)19-7-5-6-8-19;1-7-5-3-2-4-6-7;1-4(2)3/h9,11-12,14H,5-8,10H2,1-4H3,(H,17,20);2-6H2,1H3;4H,1-3H3/b13-9+;;/t14-;;/m1../s1. The molecule has 1 atom stereocenters. The summed E-state index contributed by atoms with van der Waals surface area (Å²) in [7, 11) is 3.89. The number of likely N-dealkylation sites (N-methyl/N-ethyl adjacent to an activating group) is 1.